The van der Waals surface area contributed by atoms with Crippen LogP contribution in [-0.2, 0) is 4.79 Å². The Morgan fingerprint density at radius 2 is 1.63 bits per heavy atom. The molecular weight excluding hydrogens is 254 g/mol. The monoisotopic (exact) mass is 277 g/mol. The largest absolute Gasteiger partial charge is 0.394 e. The van der Waals surface area contributed by atoms with Crippen molar-refractivity contribution in [2.75, 3.05) is 6.61 Å². The molecule has 1 saturated carbocycles. The Morgan fingerprint density at radius 1 is 1.05 bits per heavy atom. The van der Waals surface area contributed by atoms with Crippen LogP contribution in [0.15, 0.2) is 0 Å². The van der Waals surface area contributed by atoms with Gasteiger partial charge in [0.05, 0.1) is 6.61 Å². The van der Waals surface area contributed by atoms with Gasteiger partial charge in [0.2, 0.25) is 0 Å². The number of aliphatic hydroxyl groups is 5. The molecule has 1 aliphatic rings. The van der Waals surface area contributed by atoms with Crippen LogP contribution in [0.2, 0.25) is 0 Å². The van der Waals surface area contributed by atoms with Crippen LogP contribution < -0.4 is 5.32 Å². The first-order chi connectivity index (χ1) is 8.97. The highest BCUT2D eigenvalue weighted by Crippen LogP contribution is 2.17. The number of rotatable bonds is 6. The zero-order valence-corrected chi connectivity index (χ0v) is 10.8. The summed E-state index contributed by atoms with van der Waals surface area (Å²) in [5.41, 5.74) is 0. The van der Waals surface area contributed by atoms with Crippen molar-refractivity contribution in [2.24, 2.45) is 0 Å². The van der Waals surface area contributed by atoms with Crippen molar-refractivity contribution in [1.82, 2.24) is 5.32 Å². The molecule has 0 aromatic heterocycles. The number of carbonyl (C=O) groups excluding carboxylic acids is 1. The van der Waals surface area contributed by atoms with Gasteiger partial charge < -0.3 is 30.8 Å². The minimum atomic E-state index is -1.84. The first-order valence-corrected chi connectivity index (χ1v) is 6.61. The maximum absolute atomic E-state index is 11.7. The van der Waals surface area contributed by atoms with Gasteiger partial charge in [0.15, 0.2) is 6.10 Å². The molecule has 0 radical (unpaired) electrons. The first-order valence-electron chi connectivity index (χ1n) is 6.61. The van der Waals surface area contributed by atoms with Crippen LogP contribution in [0.4, 0.5) is 0 Å². The number of hydrogen-bond donors (Lipinski definition) is 6. The Hall–Kier alpha value is -0.730. The van der Waals surface area contributed by atoms with Gasteiger partial charge in [-0.1, -0.05) is 19.3 Å². The average molecular weight is 277 g/mol. The van der Waals surface area contributed by atoms with Gasteiger partial charge in [0.25, 0.3) is 5.91 Å². The predicted molar refractivity (Wildman–Crippen MR) is 66.1 cm³/mol. The Bertz CT molecular complexity index is 281. The van der Waals surface area contributed by atoms with Crippen molar-refractivity contribution in [3.05, 3.63) is 0 Å². The zero-order valence-electron chi connectivity index (χ0n) is 10.8. The Kier molecular flexibility index (Phi) is 6.67. The third-order valence-corrected chi connectivity index (χ3v) is 3.47. The van der Waals surface area contributed by atoms with Gasteiger partial charge >= 0.3 is 0 Å². The molecule has 0 unspecified atom stereocenters. The molecule has 4 atom stereocenters. The molecule has 112 valence electrons. The first kappa shape index (κ1) is 16.3. The summed E-state index contributed by atoms with van der Waals surface area (Å²) in [5, 5.41) is 49.0. The van der Waals surface area contributed by atoms with Gasteiger partial charge in [-0.15, -0.1) is 0 Å². The topological polar surface area (TPSA) is 130 Å². The van der Waals surface area contributed by atoms with E-state index in [2.05, 4.69) is 5.32 Å². The zero-order chi connectivity index (χ0) is 14.4. The van der Waals surface area contributed by atoms with Gasteiger partial charge in [-0.2, -0.15) is 0 Å². The Morgan fingerprint density at radius 3 is 2.16 bits per heavy atom. The molecule has 0 heterocycles. The predicted octanol–water partition coefficient (Wildman–Crippen LogP) is -2.13. The number of carbonyl (C=O) groups is 1. The molecule has 1 fully saturated rings. The van der Waals surface area contributed by atoms with Crippen LogP contribution in [0.3, 0.4) is 0 Å². The third kappa shape index (κ3) is 4.70. The number of amides is 1. The van der Waals surface area contributed by atoms with E-state index in [0.717, 1.165) is 32.1 Å². The van der Waals surface area contributed by atoms with Crippen molar-refractivity contribution in [1.29, 1.82) is 0 Å². The van der Waals surface area contributed by atoms with Crippen molar-refractivity contribution >= 4 is 5.91 Å². The van der Waals surface area contributed by atoms with Crippen molar-refractivity contribution in [2.45, 2.75) is 62.6 Å². The van der Waals surface area contributed by atoms with Crippen LogP contribution in [0.1, 0.15) is 32.1 Å². The van der Waals surface area contributed by atoms with E-state index in [0.29, 0.717) is 0 Å². The third-order valence-electron chi connectivity index (χ3n) is 3.47. The van der Waals surface area contributed by atoms with E-state index in [1.54, 1.807) is 0 Å². The number of aliphatic hydroxyl groups excluding tert-OH is 5. The Balaban J connectivity index is 2.46. The van der Waals surface area contributed by atoms with Gasteiger partial charge in [0, 0.05) is 6.04 Å². The summed E-state index contributed by atoms with van der Waals surface area (Å²) in [7, 11) is 0. The fourth-order valence-corrected chi connectivity index (χ4v) is 2.21. The summed E-state index contributed by atoms with van der Waals surface area (Å²) in [6.07, 6.45) is -2.26. The molecule has 0 spiro atoms. The molecule has 19 heavy (non-hydrogen) atoms. The van der Waals surface area contributed by atoms with E-state index >= 15 is 0 Å². The fourth-order valence-electron chi connectivity index (χ4n) is 2.21. The van der Waals surface area contributed by atoms with Crippen LogP contribution >= 0.6 is 0 Å². The van der Waals surface area contributed by atoms with Crippen molar-refractivity contribution in [3.63, 3.8) is 0 Å². The second-order valence-corrected chi connectivity index (χ2v) is 5.02. The summed E-state index contributed by atoms with van der Waals surface area (Å²) in [6.45, 7) is -0.769. The maximum Gasteiger partial charge on any atom is 0.251 e. The lowest BCUT2D eigenvalue weighted by Gasteiger charge is -2.28. The van der Waals surface area contributed by atoms with Crippen LogP contribution in [-0.4, -0.2) is 68.5 Å². The van der Waals surface area contributed by atoms with Crippen LogP contribution in [0, 0.1) is 0 Å². The minimum Gasteiger partial charge on any atom is -0.394 e. The molecule has 1 rings (SSSR count). The molecule has 0 aromatic rings. The fraction of sp³-hybridized carbons (Fsp3) is 0.917. The second-order valence-electron chi connectivity index (χ2n) is 5.02. The number of nitrogens with one attached hydrogen (secondary N) is 1. The quantitative estimate of drug-likeness (QED) is 0.329. The molecular formula is C12H23NO6. The molecule has 6 N–H and O–H groups in total. The van der Waals surface area contributed by atoms with E-state index < -0.39 is 36.9 Å². The molecule has 0 bridgehead atoms. The summed E-state index contributed by atoms with van der Waals surface area (Å²) < 4.78 is 0. The van der Waals surface area contributed by atoms with Crippen molar-refractivity contribution < 1.29 is 30.3 Å². The lowest BCUT2D eigenvalue weighted by Crippen LogP contribution is -2.53. The lowest BCUT2D eigenvalue weighted by atomic mass is 9.95. The summed E-state index contributed by atoms with van der Waals surface area (Å²) in [6, 6.07) is -0.0250. The molecule has 1 aliphatic carbocycles. The highest BCUT2D eigenvalue weighted by molar-refractivity contribution is 5.81. The lowest BCUT2D eigenvalue weighted by molar-refractivity contribution is -0.149. The number of hydrogen-bond acceptors (Lipinski definition) is 6. The SMILES string of the molecule is O=C(NC1CCCCC1)[C@H](O)[C@@H](O)[C@H](O)[C@H](O)CO. The Labute approximate surface area is 111 Å². The molecule has 0 aliphatic heterocycles. The smallest absolute Gasteiger partial charge is 0.251 e. The standard InChI is InChI=1S/C12H23NO6/c14-6-8(15)9(16)10(17)11(18)12(19)13-7-4-2-1-3-5-7/h7-11,14-18H,1-6H2,(H,13,19)/t8-,9-,10+,11-/m1/s1. The molecule has 0 aromatic carbocycles. The highest BCUT2D eigenvalue weighted by Gasteiger charge is 2.34. The van der Waals surface area contributed by atoms with E-state index in [9.17, 15) is 20.1 Å². The average Bonchev–Trinajstić information content (AvgIpc) is 2.44. The molecule has 0 saturated heterocycles. The summed E-state index contributed by atoms with van der Waals surface area (Å²) in [4.78, 5) is 11.7. The summed E-state index contributed by atoms with van der Waals surface area (Å²) >= 11 is 0. The molecule has 1 amide bonds. The second kappa shape index (κ2) is 7.76. The van der Waals surface area contributed by atoms with E-state index in [-0.39, 0.29) is 6.04 Å². The van der Waals surface area contributed by atoms with E-state index in [1.165, 1.54) is 0 Å². The van der Waals surface area contributed by atoms with E-state index in [1.807, 2.05) is 0 Å². The normalized spacial score (nSPS) is 23.4. The minimum absolute atomic E-state index is 0.0250. The molecule has 7 heteroatoms. The molecule has 7 nitrogen and oxygen atoms in total. The van der Waals surface area contributed by atoms with Gasteiger partial charge in [-0.05, 0) is 12.8 Å². The van der Waals surface area contributed by atoms with Crippen LogP contribution in [0.25, 0.3) is 0 Å². The maximum atomic E-state index is 11.7. The van der Waals surface area contributed by atoms with E-state index in [4.69, 9.17) is 10.2 Å². The summed E-state index contributed by atoms with van der Waals surface area (Å²) in [5.74, 6) is -0.774. The highest BCUT2D eigenvalue weighted by atomic mass is 16.4. The van der Waals surface area contributed by atoms with Crippen LogP contribution in [0.5, 0.6) is 0 Å². The van der Waals surface area contributed by atoms with Gasteiger partial charge in [0.1, 0.15) is 18.3 Å². The van der Waals surface area contributed by atoms with Crippen molar-refractivity contribution in [3.8, 4) is 0 Å². The van der Waals surface area contributed by atoms with Gasteiger partial charge in [-0.3, -0.25) is 4.79 Å². The van der Waals surface area contributed by atoms with Gasteiger partial charge in [-0.25, -0.2) is 0 Å².